The van der Waals surface area contributed by atoms with Gasteiger partial charge in [0.05, 0.1) is 24.4 Å². The van der Waals surface area contributed by atoms with Crippen LogP contribution in [0.3, 0.4) is 0 Å². The first kappa shape index (κ1) is 28.2. The Balaban J connectivity index is 1.46. The number of methoxy groups -OCH3 is 4. The van der Waals surface area contributed by atoms with Gasteiger partial charge in [-0.1, -0.05) is 18.2 Å². The van der Waals surface area contributed by atoms with Gasteiger partial charge in [-0.05, 0) is 44.4 Å². The Hall–Kier alpha value is -1.63. The molecule has 14 atom stereocenters. The summed E-state index contributed by atoms with van der Waals surface area (Å²) in [5.74, 6) is -2.30. The first-order valence-electron chi connectivity index (χ1n) is 14.8. The number of likely N-dealkylation sites (tertiary alicyclic amines) is 1. The molecule has 7 bridgehead atoms. The van der Waals surface area contributed by atoms with Gasteiger partial charge in [0.2, 0.25) is 0 Å². The number of esters is 1. The van der Waals surface area contributed by atoms with E-state index in [1.54, 1.807) is 45.6 Å². The molecule has 1 spiro atoms. The van der Waals surface area contributed by atoms with Crippen LogP contribution in [-0.2, 0) is 23.7 Å². The van der Waals surface area contributed by atoms with Crippen molar-refractivity contribution in [2.24, 2.45) is 34.5 Å². The van der Waals surface area contributed by atoms with Crippen LogP contribution in [0.4, 0.5) is 0 Å². The summed E-state index contributed by atoms with van der Waals surface area (Å²) in [6, 6.07) is 8.46. The van der Waals surface area contributed by atoms with Crippen molar-refractivity contribution < 1.29 is 43.8 Å². The van der Waals surface area contributed by atoms with E-state index in [2.05, 4.69) is 11.9 Å². The number of ether oxygens (including phenoxy) is 5. The Morgan fingerprint density at radius 2 is 1.76 bits per heavy atom. The summed E-state index contributed by atoms with van der Waals surface area (Å²) >= 11 is 0. The normalized spacial score (nSPS) is 52.9. The van der Waals surface area contributed by atoms with Gasteiger partial charge in [-0.25, -0.2) is 4.79 Å². The number of aliphatic hydroxyl groups excluding tert-OH is 1. The minimum Gasteiger partial charge on any atom is -0.455 e. The number of rotatable bonds is 7. The lowest BCUT2D eigenvalue weighted by Gasteiger charge is -2.69. The fourth-order valence-electron chi connectivity index (χ4n) is 11.8. The third-order valence-electron chi connectivity index (χ3n) is 12.5. The Labute approximate surface area is 240 Å². The first-order valence-corrected chi connectivity index (χ1v) is 14.8. The monoisotopic (exact) mass is 573 g/mol. The van der Waals surface area contributed by atoms with Gasteiger partial charge >= 0.3 is 5.97 Å². The molecule has 1 aromatic rings. The fraction of sp³-hybridized carbons (Fsp3) is 0.774. The smallest absolute Gasteiger partial charge is 0.338 e. The molecule has 3 N–H and O–H groups in total. The van der Waals surface area contributed by atoms with Gasteiger partial charge in [0.15, 0.2) is 0 Å². The van der Waals surface area contributed by atoms with Gasteiger partial charge in [-0.3, -0.25) is 0 Å². The highest BCUT2D eigenvalue weighted by Gasteiger charge is 2.90. The molecule has 1 aliphatic heterocycles. The van der Waals surface area contributed by atoms with Gasteiger partial charge < -0.3 is 43.9 Å². The van der Waals surface area contributed by atoms with Crippen LogP contribution < -0.4 is 0 Å². The van der Waals surface area contributed by atoms with Crippen molar-refractivity contribution in [2.75, 3.05) is 48.6 Å². The number of carbonyl (C=O) groups is 1. The van der Waals surface area contributed by atoms with Crippen molar-refractivity contribution in [3.8, 4) is 0 Å². The SMILES string of the molecule is COC[C@@]12CC[C@H](OC)[C@@]34C5C[C@]6(O)C(OC(=O)c7ccccc7)C5[C@@](O)([C@H](C(OC)C13)C4N(C)C2)[C@@H](O)[C@@H]6OC. The zero-order valence-corrected chi connectivity index (χ0v) is 24.4. The lowest BCUT2D eigenvalue weighted by atomic mass is 9.43. The van der Waals surface area contributed by atoms with Crippen molar-refractivity contribution in [3.05, 3.63) is 35.9 Å². The Morgan fingerprint density at radius 1 is 1.02 bits per heavy atom. The predicted octanol–water partition coefficient (Wildman–Crippen LogP) is 0.716. The molecule has 0 aromatic heterocycles. The molecule has 0 amide bonds. The van der Waals surface area contributed by atoms with E-state index in [0.717, 1.165) is 19.4 Å². The molecule has 10 nitrogen and oxygen atoms in total. The van der Waals surface area contributed by atoms with Crippen LogP contribution in [0.2, 0.25) is 0 Å². The number of aliphatic hydroxyl groups is 3. The topological polar surface area (TPSA) is 127 Å². The molecule has 7 rings (SSSR count). The van der Waals surface area contributed by atoms with Gasteiger partial charge in [0.1, 0.15) is 29.5 Å². The maximum atomic E-state index is 13.5. The highest BCUT2D eigenvalue weighted by molar-refractivity contribution is 5.89. The van der Waals surface area contributed by atoms with Crippen LogP contribution in [0.25, 0.3) is 0 Å². The average Bonchev–Trinajstić information content (AvgIpc) is 3.36. The maximum absolute atomic E-state index is 13.5. The summed E-state index contributed by atoms with van der Waals surface area (Å²) in [4.78, 5) is 15.8. The second-order valence-electron chi connectivity index (χ2n) is 13.6. The molecule has 226 valence electrons. The van der Waals surface area contributed by atoms with Crippen molar-refractivity contribution in [3.63, 3.8) is 0 Å². The van der Waals surface area contributed by atoms with E-state index in [0.29, 0.717) is 12.2 Å². The van der Waals surface area contributed by atoms with Gasteiger partial charge in [0, 0.05) is 69.6 Å². The van der Waals surface area contributed by atoms with Gasteiger partial charge in [-0.2, -0.15) is 0 Å². The number of hydrogen-bond acceptors (Lipinski definition) is 10. The zero-order chi connectivity index (χ0) is 29.1. The van der Waals surface area contributed by atoms with E-state index < -0.39 is 58.8 Å². The quantitative estimate of drug-likeness (QED) is 0.402. The highest BCUT2D eigenvalue weighted by Crippen LogP contribution is 2.80. The van der Waals surface area contributed by atoms with Gasteiger partial charge in [0.25, 0.3) is 0 Å². The molecule has 1 aromatic carbocycles. The number of carbonyl (C=O) groups excluding carboxylic acids is 1. The van der Waals surface area contributed by atoms with Crippen LogP contribution in [0.1, 0.15) is 29.6 Å². The molecule has 1 heterocycles. The summed E-state index contributed by atoms with van der Waals surface area (Å²) < 4.78 is 30.6. The summed E-state index contributed by atoms with van der Waals surface area (Å²) in [6.45, 7) is 1.29. The zero-order valence-electron chi connectivity index (χ0n) is 24.4. The second kappa shape index (κ2) is 9.19. The van der Waals surface area contributed by atoms with Crippen LogP contribution in [-0.4, -0.2) is 123 Å². The van der Waals surface area contributed by atoms with Crippen LogP contribution in [0.5, 0.6) is 0 Å². The molecule has 5 aliphatic carbocycles. The van der Waals surface area contributed by atoms with Crippen molar-refractivity contribution in [1.82, 2.24) is 4.90 Å². The maximum Gasteiger partial charge on any atom is 0.338 e. The molecular formula is C31H43NO9. The number of benzene rings is 1. The van der Waals surface area contributed by atoms with E-state index in [4.69, 9.17) is 23.7 Å². The Morgan fingerprint density at radius 3 is 2.39 bits per heavy atom. The Kier molecular flexibility index (Phi) is 6.31. The summed E-state index contributed by atoms with van der Waals surface area (Å²) in [7, 11) is 8.65. The largest absolute Gasteiger partial charge is 0.455 e. The lowest BCUT2D eigenvalue weighted by Crippen LogP contribution is -2.79. The molecule has 6 fully saturated rings. The lowest BCUT2D eigenvalue weighted by molar-refractivity contribution is -0.313. The van der Waals surface area contributed by atoms with E-state index >= 15 is 0 Å². The molecule has 41 heavy (non-hydrogen) atoms. The number of hydrogen-bond donors (Lipinski definition) is 3. The minimum atomic E-state index is -1.76. The number of fused-ring (bicyclic) bond motifs is 2. The summed E-state index contributed by atoms with van der Waals surface area (Å²) in [5.41, 5.74) is -3.95. The van der Waals surface area contributed by atoms with Crippen molar-refractivity contribution >= 4 is 5.97 Å². The number of nitrogens with zero attached hydrogens (tertiary/aromatic N) is 1. The minimum absolute atomic E-state index is 0.0644. The molecule has 1 saturated heterocycles. The molecule has 5 saturated carbocycles. The third-order valence-corrected chi connectivity index (χ3v) is 12.5. The first-order chi connectivity index (χ1) is 19.6. The molecule has 0 radical (unpaired) electrons. The molecule has 6 unspecified atom stereocenters. The van der Waals surface area contributed by atoms with Crippen LogP contribution >= 0.6 is 0 Å². The Bertz CT molecular complexity index is 1200. The standard InChI is InChI=1S/C31H43NO9/c1-32-14-28(15-37-2)12-11-18(38-3)30-17-13-29(35)25(41-27(34)16-9-7-6-8-10-16)19(17)31(36,24(33)26(29)40-5)20(23(30)32)21(39-4)22(28)30/h6-10,17-26,33,35-36H,11-15H2,1-5H3/t17?,18-,19?,20+,21?,22?,23?,24-,25?,26-,28-,29-,30-,31+/m0/s1. The predicted molar refractivity (Wildman–Crippen MR) is 145 cm³/mol. The van der Waals surface area contributed by atoms with Crippen molar-refractivity contribution in [1.29, 1.82) is 0 Å². The third kappa shape index (κ3) is 3.08. The van der Waals surface area contributed by atoms with E-state index in [1.165, 1.54) is 7.11 Å². The average molecular weight is 574 g/mol. The van der Waals surface area contributed by atoms with E-state index in [9.17, 15) is 20.1 Å². The number of piperidine rings is 1. The van der Waals surface area contributed by atoms with E-state index in [-0.39, 0.29) is 35.8 Å². The summed E-state index contributed by atoms with van der Waals surface area (Å²) in [6.07, 6.45) is -2.45. The van der Waals surface area contributed by atoms with Crippen molar-refractivity contribution in [2.45, 2.75) is 67.0 Å². The van der Waals surface area contributed by atoms with Crippen LogP contribution in [0, 0.1) is 34.5 Å². The van der Waals surface area contributed by atoms with Crippen LogP contribution in [0.15, 0.2) is 30.3 Å². The van der Waals surface area contributed by atoms with E-state index in [1.807, 2.05) is 6.07 Å². The fourth-order valence-corrected chi connectivity index (χ4v) is 11.8. The molecular weight excluding hydrogens is 530 g/mol. The van der Waals surface area contributed by atoms with Gasteiger partial charge in [-0.15, -0.1) is 0 Å². The molecule has 10 heteroatoms. The highest BCUT2D eigenvalue weighted by atomic mass is 16.6. The molecule has 6 aliphatic rings. The second-order valence-corrected chi connectivity index (χ2v) is 13.6. The summed E-state index contributed by atoms with van der Waals surface area (Å²) in [5, 5.41) is 37.6.